The zero-order valence-corrected chi connectivity index (χ0v) is 20.5. The van der Waals surface area contributed by atoms with E-state index in [0.717, 1.165) is 29.0 Å². The Hall–Kier alpha value is -4.08. The molecule has 4 aromatic rings. The summed E-state index contributed by atoms with van der Waals surface area (Å²) in [6, 6.07) is 12.0. The molecule has 0 spiro atoms. The van der Waals surface area contributed by atoms with Gasteiger partial charge in [0.25, 0.3) is 5.91 Å². The Morgan fingerprint density at radius 2 is 1.81 bits per heavy atom. The number of aryl methyl sites for hydroxylation is 1. The first-order valence-corrected chi connectivity index (χ1v) is 11.8. The minimum atomic E-state index is -4.53. The van der Waals surface area contributed by atoms with Crippen LogP contribution in [0.5, 0.6) is 0 Å². The molecule has 2 aromatic carbocycles. The lowest BCUT2D eigenvalue weighted by Crippen LogP contribution is -2.51. The molecule has 0 aliphatic carbocycles. The maximum atomic E-state index is 13.2. The molecule has 190 valence electrons. The van der Waals surface area contributed by atoms with Gasteiger partial charge in [-0.2, -0.15) is 23.5 Å². The number of halogens is 3. The van der Waals surface area contributed by atoms with Crippen LogP contribution >= 0.6 is 11.3 Å². The minimum Gasteiger partial charge on any atom is -0.381 e. The van der Waals surface area contributed by atoms with E-state index in [4.69, 9.17) is 5.26 Å². The second-order valence-electron chi connectivity index (χ2n) is 8.41. The number of aliphatic hydroxyl groups is 1. The van der Waals surface area contributed by atoms with Crippen LogP contribution < -0.4 is 5.32 Å². The number of carbonyl (C=O) groups excluding carboxylic acids is 1. The average Bonchev–Trinajstić information content (AvgIpc) is 3.53. The van der Waals surface area contributed by atoms with Crippen molar-refractivity contribution in [1.82, 2.24) is 25.1 Å². The average molecular weight is 527 g/mol. The van der Waals surface area contributed by atoms with E-state index in [2.05, 4.69) is 20.4 Å². The molecule has 0 bridgehead atoms. The van der Waals surface area contributed by atoms with Gasteiger partial charge in [-0.3, -0.25) is 4.79 Å². The highest BCUT2D eigenvalue weighted by atomic mass is 32.1. The Kier molecular flexibility index (Phi) is 7.11. The number of benzene rings is 2. The number of rotatable bonds is 7. The molecule has 12 heteroatoms. The summed E-state index contributed by atoms with van der Waals surface area (Å²) in [7, 11) is 0. The van der Waals surface area contributed by atoms with Gasteiger partial charge in [0, 0.05) is 5.56 Å². The van der Waals surface area contributed by atoms with Crippen LogP contribution in [-0.4, -0.2) is 36.8 Å². The molecule has 0 saturated heterocycles. The highest BCUT2D eigenvalue weighted by Gasteiger charge is 2.39. The normalized spacial score (nSPS) is 14.0. The van der Waals surface area contributed by atoms with Crippen molar-refractivity contribution in [2.24, 2.45) is 0 Å². The van der Waals surface area contributed by atoms with Crippen LogP contribution in [0, 0.1) is 18.3 Å². The lowest BCUT2D eigenvalue weighted by molar-refractivity contribution is -0.137. The van der Waals surface area contributed by atoms with Crippen LogP contribution in [0.3, 0.4) is 0 Å². The molecule has 2 aromatic heterocycles. The summed E-state index contributed by atoms with van der Waals surface area (Å²) in [5.41, 5.74) is -0.786. The van der Waals surface area contributed by atoms with Gasteiger partial charge in [-0.05, 0) is 43.7 Å². The summed E-state index contributed by atoms with van der Waals surface area (Å²) in [6.07, 6.45) is -1.90. The summed E-state index contributed by atoms with van der Waals surface area (Å²) in [5.74, 6) is -0.494. The highest BCUT2D eigenvalue weighted by molar-refractivity contribution is 7.17. The molecule has 0 aliphatic rings. The third kappa shape index (κ3) is 5.52. The SMILES string of the molecule is Cc1nc(-c2ccc(C#N)cc2)sc1C(=O)N[C@H](C)[C@](O)(Cn1cncn1)c1ccc(C(F)(F)F)cc1. The van der Waals surface area contributed by atoms with E-state index in [1.54, 1.807) is 38.1 Å². The zero-order chi connectivity index (χ0) is 26.8. The Bertz CT molecular complexity index is 1430. The summed E-state index contributed by atoms with van der Waals surface area (Å²) >= 11 is 1.15. The standard InChI is InChI=1S/C25H21F3N6O2S/c1-15-21(37-23(32-15)18-5-3-17(11-29)4-6-18)22(35)33-16(2)24(36,12-34-14-30-13-31-34)19-7-9-20(10-8-19)25(26,27)28/h3-10,13-14,16,36H,12H2,1-2H3,(H,33,35)/t16-,24-/m1/s1. The fourth-order valence-electron chi connectivity index (χ4n) is 3.79. The number of aromatic nitrogens is 4. The van der Waals surface area contributed by atoms with Gasteiger partial charge in [-0.15, -0.1) is 11.3 Å². The molecule has 2 atom stereocenters. The molecule has 0 radical (unpaired) electrons. The van der Waals surface area contributed by atoms with Crippen LogP contribution in [0.15, 0.2) is 61.2 Å². The molecule has 2 heterocycles. The Balaban J connectivity index is 1.61. The van der Waals surface area contributed by atoms with E-state index in [1.807, 2.05) is 6.07 Å². The third-order valence-corrected chi connectivity index (χ3v) is 7.11. The van der Waals surface area contributed by atoms with Crippen molar-refractivity contribution >= 4 is 17.2 Å². The van der Waals surface area contributed by atoms with Crippen molar-refractivity contribution in [2.75, 3.05) is 0 Å². The van der Waals surface area contributed by atoms with Gasteiger partial charge < -0.3 is 10.4 Å². The van der Waals surface area contributed by atoms with Crippen molar-refractivity contribution in [2.45, 2.75) is 38.2 Å². The number of thiazole rings is 1. The number of hydrogen-bond donors (Lipinski definition) is 2. The molecule has 0 aliphatic heterocycles. The highest BCUT2D eigenvalue weighted by Crippen LogP contribution is 2.34. The fourth-order valence-corrected chi connectivity index (χ4v) is 4.76. The van der Waals surface area contributed by atoms with Gasteiger partial charge in [-0.1, -0.05) is 24.3 Å². The molecule has 8 nitrogen and oxygen atoms in total. The van der Waals surface area contributed by atoms with E-state index in [1.165, 1.54) is 29.5 Å². The van der Waals surface area contributed by atoms with Gasteiger partial charge in [0.1, 0.15) is 28.1 Å². The maximum Gasteiger partial charge on any atom is 0.416 e. The number of carbonyl (C=O) groups is 1. The van der Waals surface area contributed by atoms with Crippen molar-refractivity contribution in [3.63, 3.8) is 0 Å². The molecule has 0 saturated carbocycles. The summed E-state index contributed by atoms with van der Waals surface area (Å²) < 4.78 is 40.6. The minimum absolute atomic E-state index is 0.169. The van der Waals surface area contributed by atoms with Crippen molar-refractivity contribution in [1.29, 1.82) is 5.26 Å². The first-order chi connectivity index (χ1) is 17.5. The van der Waals surface area contributed by atoms with Gasteiger partial charge in [-0.25, -0.2) is 14.6 Å². The van der Waals surface area contributed by atoms with Crippen LogP contribution in [-0.2, 0) is 18.3 Å². The molecule has 0 fully saturated rings. The maximum absolute atomic E-state index is 13.2. The van der Waals surface area contributed by atoms with E-state index in [-0.39, 0.29) is 12.1 Å². The number of nitrogens with zero attached hydrogens (tertiary/aromatic N) is 5. The Morgan fingerprint density at radius 3 is 2.38 bits per heavy atom. The number of amides is 1. The molecule has 0 unspecified atom stereocenters. The smallest absolute Gasteiger partial charge is 0.381 e. The number of nitrogens with one attached hydrogen (secondary N) is 1. The van der Waals surface area contributed by atoms with E-state index in [9.17, 15) is 23.1 Å². The van der Waals surface area contributed by atoms with E-state index < -0.39 is 29.3 Å². The topological polar surface area (TPSA) is 117 Å². The van der Waals surface area contributed by atoms with Crippen molar-refractivity contribution in [3.05, 3.63) is 88.4 Å². The quantitative estimate of drug-likeness (QED) is 0.371. The molecule has 37 heavy (non-hydrogen) atoms. The molecular formula is C25H21F3N6O2S. The van der Waals surface area contributed by atoms with Crippen LogP contribution in [0.25, 0.3) is 10.6 Å². The summed E-state index contributed by atoms with van der Waals surface area (Å²) in [6.45, 7) is 3.07. The lowest BCUT2D eigenvalue weighted by Gasteiger charge is -2.35. The summed E-state index contributed by atoms with van der Waals surface area (Å²) in [5, 5.41) is 28.0. The second kappa shape index (κ2) is 10.1. The van der Waals surface area contributed by atoms with Crippen molar-refractivity contribution < 1.29 is 23.1 Å². The molecule has 2 N–H and O–H groups in total. The number of alkyl halides is 3. The summed E-state index contributed by atoms with van der Waals surface area (Å²) in [4.78, 5) is 21.8. The van der Waals surface area contributed by atoms with Crippen molar-refractivity contribution in [3.8, 4) is 16.6 Å². The van der Waals surface area contributed by atoms with Crippen LogP contribution in [0.4, 0.5) is 13.2 Å². The molecule has 4 rings (SSSR count). The predicted molar refractivity (Wildman–Crippen MR) is 129 cm³/mol. The van der Waals surface area contributed by atoms with Crippen LogP contribution in [0.2, 0.25) is 0 Å². The van der Waals surface area contributed by atoms with Gasteiger partial charge in [0.05, 0.1) is 35.5 Å². The van der Waals surface area contributed by atoms with E-state index >= 15 is 0 Å². The first-order valence-electron chi connectivity index (χ1n) is 11.0. The van der Waals surface area contributed by atoms with E-state index in [0.29, 0.717) is 21.1 Å². The number of hydrogen-bond acceptors (Lipinski definition) is 7. The zero-order valence-electron chi connectivity index (χ0n) is 19.7. The van der Waals surface area contributed by atoms with Crippen LogP contribution in [0.1, 0.15) is 39.0 Å². The molecule has 1 amide bonds. The Morgan fingerprint density at radius 1 is 1.16 bits per heavy atom. The first kappa shape index (κ1) is 26.0. The van der Waals surface area contributed by atoms with Gasteiger partial charge in [0.2, 0.25) is 0 Å². The van der Waals surface area contributed by atoms with Gasteiger partial charge >= 0.3 is 6.18 Å². The monoisotopic (exact) mass is 526 g/mol. The Labute approximate surface area is 214 Å². The fraction of sp³-hybridized carbons (Fsp3) is 0.240. The number of nitriles is 1. The predicted octanol–water partition coefficient (Wildman–Crippen LogP) is 4.31. The third-order valence-electron chi connectivity index (χ3n) is 5.91. The largest absolute Gasteiger partial charge is 0.416 e. The van der Waals surface area contributed by atoms with Gasteiger partial charge in [0.15, 0.2) is 0 Å². The lowest BCUT2D eigenvalue weighted by atomic mass is 9.86. The second-order valence-corrected chi connectivity index (χ2v) is 9.41. The molecular weight excluding hydrogens is 505 g/mol.